The van der Waals surface area contributed by atoms with Crippen LogP contribution in [0.1, 0.15) is 24.0 Å². The number of likely N-dealkylation sites (tertiary alicyclic amines) is 1. The second kappa shape index (κ2) is 5.10. The van der Waals surface area contributed by atoms with E-state index in [1.165, 1.54) is 24.1 Å². The van der Waals surface area contributed by atoms with Gasteiger partial charge in [0.2, 0.25) is 0 Å². The zero-order valence-electron chi connectivity index (χ0n) is 10.9. The van der Waals surface area contributed by atoms with Crippen molar-refractivity contribution in [3.8, 4) is 5.75 Å². The number of ether oxygens (including phenoxy) is 1. The number of halogens is 1. The second-order valence-electron chi connectivity index (χ2n) is 5.55. The van der Waals surface area contributed by atoms with E-state index in [-0.39, 0.29) is 0 Å². The number of fused-ring (bicyclic) bond motifs is 1. The van der Waals surface area contributed by atoms with Gasteiger partial charge in [0.05, 0.1) is 0 Å². The van der Waals surface area contributed by atoms with E-state index < -0.39 is 0 Å². The smallest absolute Gasteiger partial charge is 0.123 e. The summed E-state index contributed by atoms with van der Waals surface area (Å²) < 4.78 is 6.02. The lowest BCUT2D eigenvalue weighted by Crippen LogP contribution is -2.41. The average Bonchev–Trinajstić information content (AvgIpc) is 2.70. The third-order valence-corrected chi connectivity index (χ3v) is 4.22. The van der Waals surface area contributed by atoms with Crippen LogP contribution in [-0.2, 0) is 6.42 Å². The summed E-state index contributed by atoms with van der Waals surface area (Å²) in [7, 11) is 0. The fraction of sp³-hybridized carbons (Fsp3) is 0.600. The zero-order valence-corrected chi connectivity index (χ0v) is 11.6. The summed E-state index contributed by atoms with van der Waals surface area (Å²) in [4.78, 5) is 2.45. The summed E-state index contributed by atoms with van der Waals surface area (Å²) in [5.74, 6) is 1.07. The summed E-state index contributed by atoms with van der Waals surface area (Å²) in [5.41, 5.74) is 2.68. The summed E-state index contributed by atoms with van der Waals surface area (Å²) in [5, 5.41) is 0.324. The Labute approximate surface area is 114 Å². The SMILES string of the molecule is Cc1ccc2c(c1)CC(CN1CCCC(Cl)C1)O2. The zero-order chi connectivity index (χ0) is 12.5. The van der Waals surface area contributed by atoms with Crippen LogP contribution in [0.15, 0.2) is 18.2 Å². The molecule has 0 amide bonds. The van der Waals surface area contributed by atoms with Crippen molar-refractivity contribution >= 4 is 11.6 Å². The Kier molecular flexibility index (Phi) is 3.49. The van der Waals surface area contributed by atoms with E-state index >= 15 is 0 Å². The highest BCUT2D eigenvalue weighted by atomic mass is 35.5. The number of alkyl halides is 1. The van der Waals surface area contributed by atoms with Crippen molar-refractivity contribution in [1.82, 2.24) is 4.90 Å². The standard InChI is InChI=1S/C15H20ClNO/c1-11-4-5-15-12(7-11)8-14(18-15)10-17-6-2-3-13(16)9-17/h4-5,7,13-14H,2-3,6,8-10H2,1H3. The molecule has 1 saturated heterocycles. The Hall–Kier alpha value is -0.730. The molecule has 2 heterocycles. The second-order valence-corrected chi connectivity index (χ2v) is 6.17. The normalized spacial score (nSPS) is 27.9. The van der Waals surface area contributed by atoms with Crippen LogP contribution in [0.5, 0.6) is 5.75 Å². The van der Waals surface area contributed by atoms with Gasteiger partial charge in [-0.25, -0.2) is 0 Å². The molecular formula is C15H20ClNO. The number of benzene rings is 1. The van der Waals surface area contributed by atoms with Crippen molar-refractivity contribution in [2.75, 3.05) is 19.6 Å². The number of aryl methyl sites for hydroxylation is 1. The molecule has 0 spiro atoms. The third-order valence-electron chi connectivity index (χ3n) is 3.87. The molecule has 98 valence electrons. The molecule has 0 bridgehead atoms. The molecule has 18 heavy (non-hydrogen) atoms. The van der Waals surface area contributed by atoms with E-state index in [4.69, 9.17) is 16.3 Å². The molecule has 2 aliphatic heterocycles. The fourth-order valence-corrected chi connectivity index (χ4v) is 3.35. The monoisotopic (exact) mass is 265 g/mol. The maximum Gasteiger partial charge on any atom is 0.123 e. The topological polar surface area (TPSA) is 12.5 Å². The minimum absolute atomic E-state index is 0.309. The molecule has 0 saturated carbocycles. The molecule has 3 heteroatoms. The Balaban J connectivity index is 1.60. The van der Waals surface area contributed by atoms with Gasteiger partial charge >= 0.3 is 0 Å². The molecule has 1 aromatic rings. The van der Waals surface area contributed by atoms with Gasteiger partial charge in [-0.2, -0.15) is 0 Å². The Morgan fingerprint density at radius 3 is 3.17 bits per heavy atom. The number of rotatable bonds is 2. The number of nitrogens with zero attached hydrogens (tertiary/aromatic N) is 1. The number of piperidine rings is 1. The lowest BCUT2D eigenvalue weighted by Gasteiger charge is -2.31. The first-order chi connectivity index (χ1) is 8.70. The molecule has 1 aromatic carbocycles. The van der Waals surface area contributed by atoms with E-state index in [1.54, 1.807) is 0 Å². The molecule has 2 atom stereocenters. The highest BCUT2D eigenvalue weighted by Gasteiger charge is 2.27. The lowest BCUT2D eigenvalue weighted by molar-refractivity contribution is 0.135. The van der Waals surface area contributed by atoms with Crippen LogP contribution in [0.3, 0.4) is 0 Å². The first-order valence-corrected chi connectivity index (χ1v) is 7.27. The van der Waals surface area contributed by atoms with Gasteiger partial charge in [-0.3, -0.25) is 4.90 Å². The minimum Gasteiger partial charge on any atom is -0.488 e. The van der Waals surface area contributed by atoms with Crippen molar-refractivity contribution in [3.63, 3.8) is 0 Å². The van der Waals surface area contributed by atoms with E-state index in [0.29, 0.717) is 11.5 Å². The summed E-state index contributed by atoms with van der Waals surface area (Å²) in [6, 6.07) is 6.47. The van der Waals surface area contributed by atoms with E-state index in [1.807, 2.05) is 0 Å². The van der Waals surface area contributed by atoms with Gasteiger partial charge in [-0.1, -0.05) is 17.7 Å². The molecule has 0 N–H and O–H groups in total. The molecule has 1 fully saturated rings. The quantitative estimate of drug-likeness (QED) is 0.763. The van der Waals surface area contributed by atoms with Gasteiger partial charge < -0.3 is 4.74 Å². The van der Waals surface area contributed by atoms with Crippen LogP contribution in [0, 0.1) is 6.92 Å². The van der Waals surface area contributed by atoms with Crippen LogP contribution in [0.2, 0.25) is 0 Å². The van der Waals surface area contributed by atoms with E-state index in [9.17, 15) is 0 Å². The molecule has 3 rings (SSSR count). The first kappa shape index (κ1) is 12.3. The molecule has 2 nitrogen and oxygen atoms in total. The highest BCUT2D eigenvalue weighted by molar-refractivity contribution is 6.20. The van der Waals surface area contributed by atoms with Crippen LogP contribution in [0.4, 0.5) is 0 Å². The number of hydrogen-bond acceptors (Lipinski definition) is 2. The van der Waals surface area contributed by atoms with Gasteiger partial charge in [0.1, 0.15) is 11.9 Å². The predicted octanol–water partition coefficient (Wildman–Crippen LogP) is 3.00. The minimum atomic E-state index is 0.309. The van der Waals surface area contributed by atoms with Gasteiger partial charge in [0.15, 0.2) is 0 Å². The third kappa shape index (κ3) is 2.65. The highest BCUT2D eigenvalue weighted by Crippen LogP contribution is 2.30. The Bertz CT molecular complexity index is 435. The van der Waals surface area contributed by atoms with Crippen molar-refractivity contribution in [3.05, 3.63) is 29.3 Å². The van der Waals surface area contributed by atoms with Gasteiger partial charge in [-0.15, -0.1) is 11.6 Å². The molecule has 0 aromatic heterocycles. The first-order valence-electron chi connectivity index (χ1n) is 6.83. The van der Waals surface area contributed by atoms with E-state index in [0.717, 1.165) is 31.7 Å². The molecule has 0 aliphatic carbocycles. The average molecular weight is 266 g/mol. The summed E-state index contributed by atoms with van der Waals surface area (Å²) >= 11 is 6.22. The van der Waals surface area contributed by atoms with Crippen molar-refractivity contribution < 1.29 is 4.74 Å². The molecule has 0 radical (unpaired) electrons. The van der Waals surface area contributed by atoms with Crippen LogP contribution in [0.25, 0.3) is 0 Å². The lowest BCUT2D eigenvalue weighted by atomic mass is 10.1. The van der Waals surface area contributed by atoms with Gasteiger partial charge in [-0.05, 0) is 37.9 Å². The van der Waals surface area contributed by atoms with E-state index in [2.05, 4.69) is 30.0 Å². The molecular weight excluding hydrogens is 246 g/mol. The Morgan fingerprint density at radius 1 is 1.44 bits per heavy atom. The summed E-state index contributed by atoms with van der Waals surface area (Å²) in [6.45, 7) is 5.32. The van der Waals surface area contributed by atoms with Crippen molar-refractivity contribution in [2.45, 2.75) is 37.7 Å². The fourth-order valence-electron chi connectivity index (χ4n) is 3.00. The maximum atomic E-state index is 6.22. The van der Waals surface area contributed by atoms with Gasteiger partial charge in [0.25, 0.3) is 0 Å². The van der Waals surface area contributed by atoms with Crippen molar-refractivity contribution in [1.29, 1.82) is 0 Å². The number of hydrogen-bond donors (Lipinski definition) is 0. The van der Waals surface area contributed by atoms with Crippen molar-refractivity contribution in [2.24, 2.45) is 0 Å². The molecule has 2 unspecified atom stereocenters. The Morgan fingerprint density at radius 2 is 2.33 bits per heavy atom. The summed E-state index contributed by atoms with van der Waals surface area (Å²) in [6.07, 6.45) is 3.72. The maximum absolute atomic E-state index is 6.22. The van der Waals surface area contributed by atoms with Crippen LogP contribution < -0.4 is 4.74 Å². The van der Waals surface area contributed by atoms with Gasteiger partial charge in [0, 0.05) is 24.9 Å². The van der Waals surface area contributed by atoms with Crippen LogP contribution >= 0.6 is 11.6 Å². The van der Waals surface area contributed by atoms with Crippen LogP contribution in [-0.4, -0.2) is 36.0 Å². The predicted molar refractivity (Wildman–Crippen MR) is 74.6 cm³/mol. The molecule has 2 aliphatic rings. The largest absolute Gasteiger partial charge is 0.488 e.